The molecule has 1 saturated heterocycles. The van der Waals surface area contributed by atoms with Crippen LogP contribution in [0.2, 0.25) is 5.02 Å². The Morgan fingerprint density at radius 3 is 2.59 bits per heavy atom. The average Bonchev–Trinajstić information content (AvgIpc) is 2.96. The van der Waals surface area contributed by atoms with Crippen LogP contribution in [0.1, 0.15) is 28.2 Å². The van der Waals surface area contributed by atoms with Gasteiger partial charge in [-0.3, -0.25) is 4.79 Å². The summed E-state index contributed by atoms with van der Waals surface area (Å²) in [5, 5.41) is 4.59. The standard InChI is InChI=1S/C15H16ClN3O2S/c1-10-14(22-18-17-10)15(20)19-8-6-13(7-9-19)21-12-4-2-11(16)3-5-12/h2-5,13H,6-9H2,1H3. The second-order valence-electron chi connectivity index (χ2n) is 5.25. The Bertz CT molecular complexity index is 651. The van der Waals surface area contributed by atoms with Gasteiger partial charge >= 0.3 is 0 Å². The van der Waals surface area contributed by atoms with Gasteiger partial charge in [-0.25, -0.2) is 0 Å². The van der Waals surface area contributed by atoms with Crippen molar-refractivity contribution < 1.29 is 9.53 Å². The molecule has 1 amide bonds. The Kier molecular flexibility index (Phi) is 4.59. The van der Waals surface area contributed by atoms with Gasteiger partial charge in [-0.15, -0.1) is 5.10 Å². The molecule has 1 aliphatic heterocycles. The molecule has 0 aliphatic carbocycles. The fourth-order valence-corrected chi connectivity index (χ4v) is 3.20. The molecule has 7 heteroatoms. The molecule has 1 aliphatic rings. The Balaban J connectivity index is 1.55. The molecule has 0 bridgehead atoms. The number of hydrogen-bond donors (Lipinski definition) is 0. The molecule has 0 radical (unpaired) electrons. The van der Waals surface area contributed by atoms with E-state index in [-0.39, 0.29) is 12.0 Å². The molecule has 1 aromatic heterocycles. The van der Waals surface area contributed by atoms with Gasteiger partial charge in [-0.1, -0.05) is 16.1 Å². The highest BCUT2D eigenvalue weighted by Gasteiger charge is 2.26. The number of halogens is 1. The van der Waals surface area contributed by atoms with Crippen molar-refractivity contribution in [3.05, 3.63) is 39.9 Å². The van der Waals surface area contributed by atoms with Crippen LogP contribution in [0.15, 0.2) is 24.3 Å². The van der Waals surface area contributed by atoms with Gasteiger partial charge in [0.15, 0.2) is 0 Å². The lowest BCUT2D eigenvalue weighted by Crippen LogP contribution is -2.41. The monoisotopic (exact) mass is 337 g/mol. The van der Waals surface area contributed by atoms with E-state index in [2.05, 4.69) is 9.59 Å². The fraction of sp³-hybridized carbons (Fsp3) is 0.400. The first-order valence-corrected chi connectivity index (χ1v) is 8.29. The largest absolute Gasteiger partial charge is 0.490 e. The summed E-state index contributed by atoms with van der Waals surface area (Å²) >= 11 is 7.02. The van der Waals surface area contributed by atoms with E-state index in [1.54, 1.807) is 0 Å². The minimum absolute atomic E-state index is 0.0254. The van der Waals surface area contributed by atoms with Gasteiger partial charge in [0.25, 0.3) is 5.91 Å². The van der Waals surface area contributed by atoms with E-state index in [0.29, 0.717) is 28.7 Å². The van der Waals surface area contributed by atoms with Crippen LogP contribution in [-0.2, 0) is 0 Å². The molecule has 0 spiro atoms. The van der Waals surface area contributed by atoms with Crippen LogP contribution >= 0.6 is 23.1 Å². The lowest BCUT2D eigenvalue weighted by atomic mass is 10.1. The minimum atomic E-state index is 0.0254. The number of ether oxygens (including phenoxy) is 1. The molecule has 0 saturated carbocycles. The molecular weight excluding hydrogens is 322 g/mol. The zero-order chi connectivity index (χ0) is 15.5. The quantitative estimate of drug-likeness (QED) is 0.863. The molecule has 1 aromatic carbocycles. The van der Waals surface area contributed by atoms with Crippen molar-refractivity contribution in [2.75, 3.05) is 13.1 Å². The number of amides is 1. The van der Waals surface area contributed by atoms with E-state index < -0.39 is 0 Å². The Morgan fingerprint density at radius 2 is 2.00 bits per heavy atom. The number of nitrogens with zero attached hydrogens (tertiary/aromatic N) is 3. The maximum atomic E-state index is 12.4. The van der Waals surface area contributed by atoms with Crippen molar-refractivity contribution in [1.29, 1.82) is 0 Å². The van der Waals surface area contributed by atoms with E-state index in [0.717, 1.165) is 30.1 Å². The summed E-state index contributed by atoms with van der Waals surface area (Å²) in [4.78, 5) is 14.9. The van der Waals surface area contributed by atoms with Gasteiger partial charge < -0.3 is 9.64 Å². The number of carbonyl (C=O) groups excluding carboxylic acids is 1. The van der Waals surface area contributed by atoms with Crippen molar-refractivity contribution in [2.45, 2.75) is 25.9 Å². The Labute approximate surface area is 138 Å². The van der Waals surface area contributed by atoms with Crippen molar-refractivity contribution in [1.82, 2.24) is 14.5 Å². The summed E-state index contributed by atoms with van der Waals surface area (Å²) in [6.45, 7) is 3.19. The molecular formula is C15H16ClN3O2S. The van der Waals surface area contributed by atoms with Crippen molar-refractivity contribution in [2.24, 2.45) is 0 Å². The fourth-order valence-electron chi connectivity index (χ4n) is 2.45. The first kappa shape index (κ1) is 15.2. The average molecular weight is 338 g/mol. The number of benzene rings is 1. The van der Waals surface area contributed by atoms with Crippen LogP contribution in [-0.4, -0.2) is 39.6 Å². The number of piperidine rings is 1. The number of rotatable bonds is 3. The Morgan fingerprint density at radius 1 is 1.32 bits per heavy atom. The summed E-state index contributed by atoms with van der Waals surface area (Å²) in [5.74, 6) is 0.842. The molecule has 1 fully saturated rings. The number of aryl methyl sites for hydroxylation is 1. The molecule has 5 nitrogen and oxygen atoms in total. The van der Waals surface area contributed by atoms with E-state index in [9.17, 15) is 4.79 Å². The second kappa shape index (κ2) is 6.62. The van der Waals surface area contributed by atoms with Gasteiger partial charge in [-0.05, 0) is 42.7 Å². The predicted molar refractivity (Wildman–Crippen MR) is 85.7 cm³/mol. The normalized spacial score (nSPS) is 15.8. The molecule has 0 atom stereocenters. The smallest absolute Gasteiger partial charge is 0.267 e. The topological polar surface area (TPSA) is 55.3 Å². The third kappa shape index (κ3) is 3.39. The molecule has 2 aromatic rings. The van der Waals surface area contributed by atoms with Crippen molar-refractivity contribution >= 4 is 29.0 Å². The van der Waals surface area contributed by atoms with Gasteiger partial charge in [0.1, 0.15) is 16.7 Å². The maximum absolute atomic E-state index is 12.4. The van der Waals surface area contributed by atoms with Crippen molar-refractivity contribution in [3.63, 3.8) is 0 Å². The molecule has 22 heavy (non-hydrogen) atoms. The maximum Gasteiger partial charge on any atom is 0.267 e. The number of aromatic nitrogens is 2. The second-order valence-corrected chi connectivity index (χ2v) is 6.44. The highest BCUT2D eigenvalue weighted by molar-refractivity contribution is 7.07. The zero-order valence-corrected chi connectivity index (χ0v) is 13.7. The van der Waals surface area contributed by atoms with Crippen LogP contribution in [0.25, 0.3) is 0 Å². The van der Waals surface area contributed by atoms with E-state index in [1.807, 2.05) is 36.1 Å². The molecule has 2 heterocycles. The Hall–Kier alpha value is -1.66. The van der Waals surface area contributed by atoms with E-state index in [1.165, 1.54) is 0 Å². The summed E-state index contributed by atoms with van der Waals surface area (Å²) in [5.41, 5.74) is 0.703. The molecule has 116 valence electrons. The predicted octanol–water partition coefficient (Wildman–Crippen LogP) is 3.18. The molecule has 0 unspecified atom stereocenters. The summed E-state index contributed by atoms with van der Waals surface area (Å²) in [6, 6.07) is 7.36. The van der Waals surface area contributed by atoms with Crippen LogP contribution in [0.5, 0.6) is 5.75 Å². The lowest BCUT2D eigenvalue weighted by Gasteiger charge is -2.32. The van der Waals surface area contributed by atoms with Crippen LogP contribution < -0.4 is 4.74 Å². The van der Waals surface area contributed by atoms with Gasteiger partial charge in [0.05, 0.1) is 5.69 Å². The van der Waals surface area contributed by atoms with Gasteiger partial charge in [0.2, 0.25) is 0 Å². The highest BCUT2D eigenvalue weighted by Crippen LogP contribution is 2.22. The third-order valence-corrected chi connectivity index (χ3v) is 4.76. The van der Waals surface area contributed by atoms with Gasteiger partial charge in [0, 0.05) is 31.0 Å². The third-order valence-electron chi connectivity index (χ3n) is 3.69. The summed E-state index contributed by atoms with van der Waals surface area (Å²) < 4.78 is 9.76. The van der Waals surface area contributed by atoms with Crippen LogP contribution in [0, 0.1) is 6.92 Å². The van der Waals surface area contributed by atoms with Crippen LogP contribution in [0.3, 0.4) is 0 Å². The SMILES string of the molecule is Cc1nnsc1C(=O)N1CCC(Oc2ccc(Cl)cc2)CC1. The number of carbonyl (C=O) groups is 1. The first-order valence-electron chi connectivity index (χ1n) is 7.14. The van der Waals surface area contributed by atoms with Crippen molar-refractivity contribution in [3.8, 4) is 5.75 Å². The highest BCUT2D eigenvalue weighted by atomic mass is 35.5. The first-order chi connectivity index (χ1) is 10.6. The summed E-state index contributed by atoms with van der Waals surface area (Å²) in [6.07, 6.45) is 1.77. The van der Waals surface area contributed by atoms with Gasteiger partial charge in [-0.2, -0.15) is 0 Å². The lowest BCUT2D eigenvalue weighted by molar-refractivity contribution is 0.0599. The molecule has 3 rings (SSSR count). The van der Waals surface area contributed by atoms with E-state index in [4.69, 9.17) is 16.3 Å². The van der Waals surface area contributed by atoms with E-state index >= 15 is 0 Å². The number of hydrogen-bond acceptors (Lipinski definition) is 5. The molecule has 0 N–H and O–H groups in total. The minimum Gasteiger partial charge on any atom is -0.490 e. The van der Waals surface area contributed by atoms with Crippen LogP contribution in [0.4, 0.5) is 0 Å². The zero-order valence-electron chi connectivity index (χ0n) is 12.2. The summed E-state index contributed by atoms with van der Waals surface area (Å²) in [7, 11) is 0. The number of likely N-dealkylation sites (tertiary alicyclic amines) is 1.